The van der Waals surface area contributed by atoms with Crippen LogP contribution in [0, 0.1) is 5.92 Å². The fourth-order valence-electron chi connectivity index (χ4n) is 1.85. The van der Waals surface area contributed by atoms with Crippen LogP contribution in [0.2, 0.25) is 0 Å². The molecule has 0 unspecified atom stereocenters. The molecule has 122 valence electrons. The zero-order valence-electron chi connectivity index (χ0n) is 13.8. The number of hydrogen-bond acceptors (Lipinski definition) is 4. The lowest BCUT2D eigenvalue weighted by atomic mass is 10.1. The predicted molar refractivity (Wildman–Crippen MR) is 86.0 cm³/mol. The van der Waals surface area contributed by atoms with E-state index in [1.54, 1.807) is 24.3 Å². The highest BCUT2D eigenvalue weighted by atomic mass is 16.5. The maximum atomic E-state index is 11.8. The topological polar surface area (TPSA) is 52.6 Å². The SMILES string of the molecule is CCCCCCOC(=O)c1ccc(C(=O)OCC(C)C)cc1. The van der Waals surface area contributed by atoms with Gasteiger partial charge in [0, 0.05) is 0 Å². The molecule has 0 atom stereocenters. The van der Waals surface area contributed by atoms with Crippen molar-refractivity contribution in [2.45, 2.75) is 46.5 Å². The highest BCUT2D eigenvalue weighted by Crippen LogP contribution is 2.09. The molecule has 0 saturated carbocycles. The second kappa shape index (κ2) is 9.98. The van der Waals surface area contributed by atoms with E-state index < -0.39 is 0 Å². The number of rotatable bonds is 9. The Morgan fingerprint density at radius 3 is 1.95 bits per heavy atom. The summed E-state index contributed by atoms with van der Waals surface area (Å²) in [7, 11) is 0. The van der Waals surface area contributed by atoms with Crippen molar-refractivity contribution in [3.8, 4) is 0 Å². The highest BCUT2D eigenvalue weighted by molar-refractivity contribution is 5.93. The van der Waals surface area contributed by atoms with E-state index in [4.69, 9.17) is 9.47 Å². The summed E-state index contributed by atoms with van der Waals surface area (Å²) in [5, 5.41) is 0. The summed E-state index contributed by atoms with van der Waals surface area (Å²) in [6.45, 7) is 6.93. The zero-order chi connectivity index (χ0) is 16.4. The average molecular weight is 306 g/mol. The average Bonchev–Trinajstić information content (AvgIpc) is 2.52. The number of carbonyl (C=O) groups is 2. The normalized spacial score (nSPS) is 10.5. The Kier molecular flexibility index (Phi) is 8.26. The number of unbranched alkanes of at least 4 members (excludes halogenated alkanes) is 3. The van der Waals surface area contributed by atoms with E-state index in [0.29, 0.717) is 30.3 Å². The van der Waals surface area contributed by atoms with Gasteiger partial charge in [-0.1, -0.05) is 40.0 Å². The van der Waals surface area contributed by atoms with Crippen LogP contribution < -0.4 is 0 Å². The van der Waals surface area contributed by atoms with Gasteiger partial charge >= 0.3 is 11.9 Å². The van der Waals surface area contributed by atoms with E-state index >= 15 is 0 Å². The van der Waals surface area contributed by atoms with E-state index in [2.05, 4.69) is 6.92 Å². The molecule has 0 aliphatic heterocycles. The Hall–Kier alpha value is -1.84. The monoisotopic (exact) mass is 306 g/mol. The molecule has 0 saturated heterocycles. The molecule has 0 N–H and O–H groups in total. The summed E-state index contributed by atoms with van der Waals surface area (Å²) in [5.41, 5.74) is 0.899. The molecule has 4 nitrogen and oxygen atoms in total. The van der Waals surface area contributed by atoms with Crippen LogP contribution in [0.5, 0.6) is 0 Å². The molecular weight excluding hydrogens is 280 g/mol. The Bertz CT molecular complexity index is 462. The minimum Gasteiger partial charge on any atom is -0.462 e. The fourth-order valence-corrected chi connectivity index (χ4v) is 1.85. The lowest BCUT2D eigenvalue weighted by Gasteiger charge is -2.08. The number of ether oxygens (including phenoxy) is 2. The van der Waals surface area contributed by atoms with Crippen LogP contribution in [0.3, 0.4) is 0 Å². The largest absolute Gasteiger partial charge is 0.462 e. The van der Waals surface area contributed by atoms with Crippen molar-refractivity contribution in [2.75, 3.05) is 13.2 Å². The standard InChI is InChI=1S/C18H26O4/c1-4-5-6-7-12-21-17(19)15-8-10-16(11-9-15)18(20)22-13-14(2)3/h8-11,14H,4-7,12-13H2,1-3H3. The van der Waals surface area contributed by atoms with Gasteiger partial charge in [0.05, 0.1) is 24.3 Å². The molecule has 0 amide bonds. The second-order valence-corrected chi connectivity index (χ2v) is 5.77. The van der Waals surface area contributed by atoms with E-state index in [1.165, 1.54) is 0 Å². The summed E-state index contributed by atoms with van der Waals surface area (Å²) in [6.07, 6.45) is 4.27. The van der Waals surface area contributed by atoms with Gasteiger partial charge in [-0.15, -0.1) is 0 Å². The number of carbonyl (C=O) groups excluding carboxylic acids is 2. The molecule has 1 aromatic carbocycles. The summed E-state index contributed by atoms with van der Waals surface area (Å²) in [5.74, 6) is -0.419. The van der Waals surface area contributed by atoms with Crippen LogP contribution in [0.25, 0.3) is 0 Å². The molecule has 1 rings (SSSR count). The van der Waals surface area contributed by atoms with Crippen LogP contribution in [0.1, 0.15) is 67.2 Å². The van der Waals surface area contributed by atoms with Crippen LogP contribution in [0.4, 0.5) is 0 Å². The van der Waals surface area contributed by atoms with Crippen molar-refractivity contribution in [3.63, 3.8) is 0 Å². The molecule has 0 aliphatic rings. The Morgan fingerprint density at radius 1 is 0.909 bits per heavy atom. The first kappa shape index (κ1) is 18.2. The van der Waals surface area contributed by atoms with E-state index in [0.717, 1.165) is 25.7 Å². The summed E-state index contributed by atoms with van der Waals surface area (Å²) >= 11 is 0. The second-order valence-electron chi connectivity index (χ2n) is 5.77. The van der Waals surface area contributed by atoms with Gasteiger partial charge < -0.3 is 9.47 Å². The molecule has 1 aromatic rings. The third-order valence-electron chi connectivity index (χ3n) is 3.14. The smallest absolute Gasteiger partial charge is 0.338 e. The molecule has 0 heterocycles. The van der Waals surface area contributed by atoms with Gasteiger partial charge in [-0.25, -0.2) is 9.59 Å². The number of hydrogen-bond donors (Lipinski definition) is 0. The van der Waals surface area contributed by atoms with Gasteiger partial charge in [-0.3, -0.25) is 0 Å². The van der Waals surface area contributed by atoms with Gasteiger partial charge in [0.2, 0.25) is 0 Å². The van der Waals surface area contributed by atoms with Crippen molar-refractivity contribution in [1.29, 1.82) is 0 Å². The van der Waals surface area contributed by atoms with Crippen LogP contribution in [-0.4, -0.2) is 25.2 Å². The summed E-state index contributed by atoms with van der Waals surface area (Å²) < 4.78 is 10.3. The Morgan fingerprint density at radius 2 is 1.45 bits per heavy atom. The number of esters is 2. The molecule has 0 spiro atoms. The molecule has 0 aromatic heterocycles. The molecule has 0 radical (unpaired) electrons. The summed E-state index contributed by atoms with van der Waals surface area (Å²) in [4.78, 5) is 23.6. The third-order valence-corrected chi connectivity index (χ3v) is 3.14. The van der Waals surface area contributed by atoms with Gasteiger partial charge in [-0.05, 0) is 36.6 Å². The van der Waals surface area contributed by atoms with E-state index in [1.807, 2.05) is 13.8 Å². The van der Waals surface area contributed by atoms with Crippen LogP contribution in [0.15, 0.2) is 24.3 Å². The van der Waals surface area contributed by atoms with E-state index in [-0.39, 0.29) is 11.9 Å². The molecule has 4 heteroatoms. The molecule has 22 heavy (non-hydrogen) atoms. The minimum absolute atomic E-state index is 0.297. The maximum Gasteiger partial charge on any atom is 0.338 e. The quantitative estimate of drug-likeness (QED) is 0.506. The highest BCUT2D eigenvalue weighted by Gasteiger charge is 2.11. The maximum absolute atomic E-state index is 11.8. The predicted octanol–water partition coefficient (Wildman–Crippen LogP) is 4.24. The molecule has 0 bridgehead atoms. The first-order chi connectivity index (χ1) is 10.5. The molecular formula is C18H26O4. The zero-order valence-corrected chi connectivity index (χ0v) is 13.8. The van der Waals surface area contributed by atoms with Crippen molar-refractivity contribution >= 4 is 11.9 Å². The van der Waals surface area contributed by atoms with Gasteiger partial charge in [0.25, 0.3) is 0 Å². The lowest BCUT2D eigenvalue weighted by Crippen LogP contribution is -2.11. The van der Waals surface area contributed by atoms with Gasteiger partial charge in [0.15, 0.2) is 0 Å². The minimum atomic E-state index is -0.367. The Balaban J connectivity index is 2.43. The van der Waals surface area contributed by atoms with Crippen LogP contribution >= 0.6 is 0 Å². The molecule has 0 aliphatic carbocycles. The van der Waals surface area contributed by atoms with Gasteiger partial charge in [0.1, 0.15) is 0 Å². The van der Waals surface area contributed by atoms with Crippen molar-refractivity contribution in [1.82, 2.24) is 0 Å². The first-order valence-electron chi connectivity index (χ1n) is 7.99. The molecule has 0 fully saturated rings. The van der Waals surface area contributed by atoms with Gasteiger partial charge in [-0.2, -0.15) is 0 Å². The number of benzene rings is 1. The lowest BCUT2D eigenvalue weighted by molar-refractivity contribution is 0.0454. The van der Waals surface area contributed by atoms with Crippen molar-refractivity contribution < 1.29 is 19.1 Å². The van der Waals surface area contributed by atoms with Crippen molar-refractivity contribution in [3.05, 3.63) is 35.4 Å². The van der Waals surface area contributed by atoms with E-state index in [9.17, 15) is 9.59 Å². The first-order valence-corrected chi connectivity index (χ1v) is 7.99. The third kappa shape index (κ3) is 6.74. The summed E-state index contributed by atoms with van der Waals surface area (Å²) in [6, 6.07) is 6.38. The van der Waals surface area contributed by atoms with Crippen molar-refractivity contribution in [2.24, 2.45) is 5.92 Å². The van der Waals surface area contributed by atoms with Crippen LogP contribution in [-0.2, 0) is 9.47 Å². The fraction of sp³-hybridized carbons (Fsp3) is 0.556. The Labute approximate surface area is 132 Å².